The van der Waals surface area contributed by atoms with Gasteiger partial charge in [-0.05, 0) is 34.9 Å². The van der Waals surface area contributed by atoms with E-state index in [1.807, 2.05) is 30.3 Å². The molecule has 0 aliphatic carbocycles. The van der Waals surface area contributed by atoms with Crippen LogP contribution in [0.15, 0.2) is 51.7 Å². The van der Waals surface area contributed by atoms with E-state index < -0.39 is 17.5 Å². The summed E-state index contributed by atoms with van der Waals surface area (Å²) in [5, 5.41) is 5.43. The van der Waals surface area contributed by atoms with Crippen molar-refractivity contribution < 1.29 is 23.5 Å². The van der Waals surface area contributed by atoms with Crippen molar-refractivity contribution in [3.8, 4) is 0 Å². The third-order valence-corrected chi connectivity index (χ3v) is 7.14. The van der Waals surface area contributed by atoms with Gasteiger partial charge in [0.15, 0.2) is 0 Å². The van der Waals surface area contributed by atoms with Crippen LogP contribution >= 0.6 is 11.3 Å². The molecule has 0 unspecified atom stereocenters. The van der Waals surface area contributed by atoms with Crippen molar-refractivity contribution in [2.24, 2.45) is 0 Å². The van der Waals surface area contributed by atoms with Gasteiger partial charge < -0.3 is 19.4 Å². The summed E-state index contributed by atoms with van der Waals surface area (Å²) in [6.07, 6.45) is 0.468. The van der Waals surface area contributed by atoms with Crippen LogP contribution in [0.25, 0.3) is 21.7 Å². The topological polar surface area (TPSA) is 106 Å². The lowest BCUT2D eigenvalue weighted by molar-refractivity contribution is -0.129. The van der Waals surface area contributed by atoms with Crippen LogP contribution in [0.5, 0.6) is 0 Å². The standard InChI is InChI=1S/C25H20N2O6S/c1-13(28)27-10-9-16-20(12-27)34-23(21(16)25(31)32-2)26-22(29)18-11-17-15-6-4-3-5-14(15)7-8-19(17)33-24(18)30/h3-8,11H,9-10,12H2,1-2H3,(H,26,29). The fraction of sp³-hybridized carbons (Fsp3) is 0.200. The molecule has 172 valence electrons. The number of ether oxygens (including phenoxy) is 1. The number of thiophene rings is 1. The van der Waals surface area contributed by atoms with Crippen LogP contribution < -0.4 is 10.9 Å². The third kappa shape index (κ3) is 3.63. The van der Waals surface area contributed by atoms with Gasteiger partial charge in [-0.25, -0.2) is 9.59 Å². The van der Waals surface area contributed by atoms with Gasteiger partial charge >= 0.3 is 11.6 Å². The SMILES string of the molecule is COC(=O)c1c(NC(=O)c2cc3c(ccc4ccccc43)oc2=O)sc2c1CCN(C(C)=O)C2. The first-order chi connectivity index (χ1) is 16.4. The zero-order chi connectivity index (χ0) is 24.0. The predicted octanol–water partition coefficient (Wildman–Crippen LogP) is 3.95. The summed E-state index contributed by atoms with van der Waals surface area (Å²) >= 11 is 1.20. The van der Waals surface area contributed by atoms with Crippen molar-refractivity contribution in [1.82, 2.24) is 4.90 Å². The Hall–Kier alpha value is -3.98. The molecule has 0 spiro atoms. The molecule has 0 saturated heterocycles. The van der Waals surface area contributed by atoms with Gasteiger partial charge in [0.05, 0.1) is 19.2 Å². The highest BCUT2D eigenvalue weighted by molar-refractivity contribution is 7.17. The molecular weight excluding hydrogens is 456 g/mol. The van der Waals surface area contributed by atoms with Crippen LogP contribution in [0.2, 0.25) is 0 Å². The summed E-state index contributed by atoms with van der Waals surface area (Å²) in [6.45, 7) is 2.31. The molecule has 0 atom stereocenters. The van der Waals surface area contributed by atoms with Gasteiger partial charge in [-0.15, -0.1) is 11.3 Å². The molecule has 0 radical (unpaired) electrons. The summed E-state index contributed by atoms with van der Waals surface area (Å²) in [6, 6.07) is 12.7. The predicted molar refractivity (Wildman–Crippen MR) is 128 cm³/mol. The van der Waals surface area contributed by atoms with Crippen molar-refractivity contribution in [1.29, 1.82) is 0 Å². The molecule has 2 amide bonds. The fourth-order valence-electron chi connectivity index (χ4n) is 4.28. The van der Waals surface area contributed by atoms with Gasteiger partial charge in [0.1, 0.15) is 16.1 Å². The molecule has 8 nitrogen and oxygen atoms in total. The van der Waals surface area contributed by atoms with Gasteiger partial charge in [-0.1, -0.05) is 30.3 Å². The molecule has 0 bridgehead atoms. The Kier molecular flexibility index (Phi) is 5.41. The van der Waals surface area contributed by atoms with Crippen LogP contribution in [0.3, 0.4) is 0 Å². The van der Waals surface area contributed by atoms with Crippen LogP contribution in [-0.2, 0) is 22.5 Å². The number of hydrogen-bond acceptors (Lipinski definition) is 7. The number of methoxy groups -OCH3 is 1. The first-order valence-electron chi connectivity index (χ1n) is 10.6. The Morgan fingerprint density at radius 2 is 1.91 bits per heavy atom. The molecule has 4 aromatic rings. The molecule has 0 fully saturated rings. The van der Waals surface area contributed by atoms with Crippen LogP contribution in [0.4, 0.5) is 5.00 Å². The monoisotopic (exact) mass is 476 g/mol. The van der Waals surface area contributed by atoms with Gasteiger partial charge in [0.25, 0.3) is 5.91 Å². The van der Waals surface area contributed by atoms with Crippen molar-refractivity contribution in [2.75, 3.05) is 19.0 Å². The van der Waals surface area contributed by atoms with Crippen molar-refractivity contribution in [2.45, 2.75) is 19.9 Å². The molecule has 34 heavy (non-hydrogen) atoms. The number of fused-ring (bicyclic) bond motifs is 4. The maximum atomic E-state index is 13.2. The Morgan fingerprint density at radius 1 is 1.12 bits per heavy atom. The van der Waals surface area contributed by atoms with Gasteiger partial charge in [0, 0.05) is 23.7 Å². The highest BCUT2D eigenvalue weighted by atomic mass is 32.1. The first kappa shape index (κ1) is 21.8. The zero-order valence-electron chi connectivity index (χ0n) is 18.5. The average Bonchev–Trinajstić information content (AvgIpc) is 3.19. The fourth-order valence-corrected chi connectivity index (χ4v) is 5.53. The number of benzene rings is 2. The van der Waals surface area contributed by atoms with Gasteiger partial charge in [0.2, 0.25) is 5.91 Å². The minimum atomic E-state index is -0.774. The summed E-state index contributed by atoms with van der Waals surface area (Å²) < 4.78 is 10.4. The van der Waals surface area contributed by atoms with E-state index in [2.05, 4.69) is 5.32 Å². The molecular formula is C25H20N2O6S. The molecule has 0 saturated carbocycles. The van der Waals surface area contributed by atoms with Crippen molar-refractivity contribution in [3.63, 3.8) is 0 Å². The van der Waals surface area contributed by atoms with Crippen LogP contribution in [0, 0.1) is 0 Å². The van der Waals surface area contributed by atoms with E-state index in [1.54, 1.807) is 11.0 Å². The summed E-state index contributed by atoms with van der Waals surface area (Å²) in [4.78, 5) is 52.7. The average molecular weight is 477 g/mol. The minimum Gasteiger partial charge on any atom is -0.465 e. The van der Waals surface area contributed by atoms with Gasteiger partial charge in [-0.3, -0.25) is 9.59 Å². The second kappa shape index (κ2) is 8.42. The number of nitrogens with zero attached hydrogens (tertiary/aromatic N) is 1. The second-order valence-electron chi connectivity index (χ2n) is 7.99. The number of anilines is 1. The Labute approximate surface area is 197 Å². The summed E-state index contributed by atoms with van der Waals surface area (Å²) in [5.41, 5.74) is 0.447. The number of esters is 1. The molecule has 1 aliphatic heterocycles. The van der Waals surface area contributed by atoms with Gasteiger partial charge in [-0.2, -0.15) is 0 Å². The lowest BCUT2D eigenvalue weighted by Gasteiger charge is -2.25. The third-order valence-electron chi connectivity index (χ3n) is 6.01. The molecule has 3 heterocycles. The van der Waals surface area contributed by atoms with Crippen molar-refractivity contribution in [3.05, 3.63) is 74.5 Å². The highest BCUT2D eigenvalue weighted by Gasteiger charge is 2.30. The Morgan fingerprint density at radius 3 is 2.68 bits per heavy atom. The number of nitrogens with one attached hydrogen (secondary N) is 1. The molecule has 9 heteroatoms. The maximum absolute atomic E-state index is 13.2. The molecule has 1 N–H and O–H groups in total. The van der Waals surface area contributed by atoms with E-state index in [0.29, 0.717) is 30.5 Å². The lowest BCUT2D eigenvalue weighted by atomic mass is 10.0. The molecule has 1 aliphatic rings. The largest absolute Gasteiger partial charge is 0.465 e. The van der Waals surface area contributed by atoms with E-state index in [0.717, 1.165) is 21.2 Å². The number of carbonyl (C=O) groups excluding carboxylic acids is 3. The summed E-state index contributed by atoms with van der Waals surface area (Å²) in [5.74, 6) is -1.33. The number of amides is 2. The van der Waals surface area contributed by atoms with Crippen molar-refractivity contribution >= 4 is 55.9 Å². The van der Waals surface area contributed by atoms with Crippen LogP contribution in [0.1, 0.15) is 38.1 Å². The molecule has 5 rings (SSSR count). The quantitative estimate of drug-likeness (QED) is 0.273. The van der Waals surface area contributed by atoms with E-state index in [-0.39, 0.29) is 22.0 Å². The smallest absolute Gasteiger partial charge is 0.349 e. The van der Waals surface area contributed by atoms with E-state index in [1.165, 1.54) is 31.4 Å². The number of rotatable bonds is 3. The van der Waals surface area contributed by atoms with E-state index in [9.17, 15) is 19.2 Å². The minimum absolute atomic E-state index is 0.0646. The number of hydrogen-bond donors (Lipinski definition) is 1. The Bertz CT molecular complexity index is 1550. The lowest BCUT2D eigenvalue weighted by Crippen LogP contribution is -2.33. The Balaban J connectivity index is 1.56. The van der Waals surface area contributed by atoms with E-state index in [4.69, 9.17) is 9.15 Å². The first-order valence-corrected chi connectivity index (χ1v) is 11.4. The van der Waals surface area contributed by atoms with Crippen LogP contribution in [-0.4, -0.2) is 36.3 Å². The highest BCUT2D eigenvalue weighted by Crippen LogP contribution is 2.38. The number of carbonyl (C=O) groups is 3. The maximum Gasteiger partial charge on any atom is 0.349 e. The van der Waals surface area contributed by atoms with E-state index >= 15 is 0 Å². The second-order valence-corrected chi connectivity index (χ2v) is 9.10. The molecule has 2 aromatic carbocycles. The molecule has 2 aromatic heterocycles. The normalized spacial score (nSPS) is 13.1. The summed E-state index contributed by atoms with van der Waals surface area (Å²) in [7, 11) is 1.27. The zero-order valence-corrected chi connectivity index (χ0v) is 19.3.